The van der Waals surface area contributed by atoms with Gasteiger partial charge in [0, 0.05) is 5.56 Å². The van der Waals surface area contributed by atoms with Crippen molar-refractivity contribution in [2.45, 2.75) is 13.3 Å². The van der Waals surface area contributed by atoms with Crippen LogP contribution >= 0.6 is 11.6 Å². The fraction of sp³-hybridized carbons (Fsp3) is 0.167. The van der Waals surface area contributed by atoms with E-state index >= 15 is 0 Å². The molecule has 2 aromatic rings. The summed E-state index contributed by atoms with van der Waals surface area (Å²) >= 11 is 5.91. The van der Waals surface area contributed by atoms with E-state index in [0.717, 1.165) is 6.07 Å². The van der Waals surface area contributed by atoms with Crippen molar-refractivity contribution in [2.24, 2.45) is 0 Å². The van der Waals surface area contributed by atoms with Crippen LogP contribution in [-0.4, -0.2) is 9.97 Å². The number of halogens is 3. The van der Waals surface area contributed by atoms with Crippen LogP contribution in [0.2, 0.25) is 5.15 Å². The van der Waals surface area contributed by atoms with Gasteiger partial charge in [0.2, 0.25) is 0 Å². The minimum absolute atomic E-state index is 0.0134. The van der Waals surface area contributed by atoms with Gasteiger partial charge in [-0.05, 0) is 18.6 Å². The third kappa shape index (κ3) is 2.41. The zero-order chi connectivity index (χ0) is 13.1. The molecule has 0 fully saturated rings. The van der Waals surface area contributed by atoms with Gasteiger partial charge in [-0.15, -0.1) is 0 Å². The molecule has 0 aliphatic carbocycles. The molecule has 0 spiro atoms. The molecule has 0 saturated heterocycles. The van der Waals surface area contributed by atoms with E-state index < -0.39 is 11.6 Å². The molecule has 1 N–H and O–H groups in total. The van der Waals surface area contributed by atoms with E-state index in [2.05, 4.69) is 15.3 Å². The Morgan fingerprint density at radius 3 is 2.78 bits per heavy atom. The van der Waals surface area contributed by atoms with Crippen molar-refractivity contribution < 1.29 is 8.78 Å². The molecule has 0 radical (unpaired) electrons. The number of nitrogens with one attached hydrogen (secondary N) is 1. The smallest absolute Gasteiger partial charge is 0.182 e. The normalized spacial score (nSPS) is 10.4. The topological polar surface area (TPSA) is 37.8 Å². The van der Waals surface area contributed by atoms with Crippen LogP contribution in [0.1, 0.15) is 12.5 Å². The first kappa shape index (κ1) is 12.7. The molecule has 0 saturated carbocycles. The average Bonchev–Trinajstić information content (AvgIpc) is 2.35. The molecule has 6 heteroatoms. The summed E-state index contributed by atoms with van der Waals surface area (Å²) < 4.78 is 26.6. The predicted octanol–water partition coefficient (Wildman–Crippen LogP) is 3.71. The minimum atomic E-state index is -0.950. The molecule has 0 bridgehead atoms. The Morgan fingerprint density at radius 1 is 1.28 bits per heavy atom. The van der Waals surface area contributed by atoms with Crippen molar-refractivity contribution in [3.05, 3.63) is 46.9 Å². The maximum Gasteiger partial charge on any atom is 0.182 e. The standard InChI is InChI=1S/C12H10ClF2N3/c1-2-7-11(13)16-6-17-12(7)18-9-5-3-4-8(14)10(9)15/h3-6H,2H2,1H3,(H,16,17,18). The quantitative estimate of drug-likeness (QED) is 0.863. The summed E-state index contributed by atoms with van der Waals surface area (Å²) in [6.45, 7) is 1.87. The Balaban J connectivity index is 2.40. The van der Waals surface area contributed by atoms with Crippen LogP contribution in [0.3, 0.4) is 0 Å². The highest BCUT2D eigenvalue weighted by Gasteiger charge is 2.12. The lowest BCUT2D eigenvalue weighted by Gasteiger charge is -2.11. The van der Waals surface area contributed by atoms with E-state index in [1.807, 2.05) is 6.92 Å². The highest BCUT2D eigenvalue weighted by Crippen LogP contribution is 2.25. The summed E-state index contributed by atoms with van der Waals surface area (Å²) in [4.78, 5) is 7.82. The maximum atomic E-state index is 13.5. The van der Waals surface area contributed by atoms with Crippen LogP contribution < -0.4 is 5.32 Å². The SMILES string of the molecule is CCc1c(Cl)ncnc1Nc1cccc(F)c1F. The molecule has 18 heavy (non-hydrogen) atoms. The Hall–Kier alpha value is -1.75. The van der Waals surface area contributed by atoms with Crippen LogP contribution in [0.4, 0.5) is 20.3 Å². The van der Waals surface area contributed by atoms with E-state index in [0.29, 0.717) is 23.0 Å². The molecule has 0 aliphatic rings. The maximum absolute atomic E-state index is 13.5. The second kappa shape index (κ2) is 5.27. The lowest BCUT2D eigenvalue weighted by molar-refractivity contribution is 0.511. The molecule has 94 valence electrons. The van der Waals surface area contributed by atoms with Gasteiger partial charge in [-0.2, -0.15) is 0 Å². The zero-order valence-electron chi connectivity index (χ0n) is 9.54. The third-order valence-electron chi connectivity index (χ3n) is 2.45. The van der Waals surface area contributed by atoms with Gasteiger partial charge in [0.05, 0.1) is 5.69 Å². The summed E-state index contributed by atoms with van der Waals surface area (Å²) in [7, 11) is 0. The largest absolute Gasteiger partial charge is 0.337 e. The number of nitrogens with zero attached hydrogens (tertiary/aromatic N) is 2. The van der Waals surface area contributed by atoms with Gasteiger partial charge in [-0.3, -0.25) is 0 Å². The van der Waals surface area contributed by atoms with E-state index in [4.69, 9.17) is 11.6 Å². The molecule has 2 rings (SSSR count). The van der Waals surface area contributed by atoms with Crippen LogP contribution in [0.25, 0.3) is 0 Å². The van der Waals surface area contributed by atoms with E-state index in [1.54, 1.807) is 0 Å². The lowest BCUT2D eigenvalue weighted by Crippen LogP contribution is -2.03. The first-order valence-electron chi connectivity index (χ1n) is 5.34. The Kier molecular flexibility index (Phi) is 3.72. The first-order chi connectivity index (χ1) is 8.63. The van der Waals surface area contributed by atoms with Gasteiger partial charge in [0.15, 0.2) is 11.6 Å². The van der Waals surface area contributed by atoms with Gasteiger partial charge in [0.25, 0.3) is 0 Å². The van der Waals surface area contributed by atoms with Crippen LogP contribution in [0.5, 0.6) is 0 Å². The molecule has 0 amide bonds. The number of hydrogen-bond donors (Lipinski definition) is 1. The Morgan fingerprint density at radius 2 is 2.06 bits per heavy atom. The molecule has 0 unspecified atom stereocenters. The summed E-state index contributed by atoms with van der Waals surface area (Å²) in [5.74, 6) is -1.49. The van der Waals surface area contributed by atoms with Crippen molar-refractivity contribution in [3.63, 3.8) is 0 Å². The fourth-order valence-electron chi connectivity index (χ4n) is 1.54. The van der Waals surface area contributed by atoms with E-state index in [1.165, 1.54) is 18.5 Å². The fourth-order valence-corrected chi connectivity index (χ4v) is 1.81. The summed E-state index contributed by atoms with van der Waals surface area (Å²) in [6, 6.07) is 3.89. The molecule has 0 aliphatic heterocycles. The lowest BCUT2D eigenvalue weighted by atomic mass is 10.2. The first-order valence-corrected chi connectivity index (χ1v) is 5.71. The van der Waals surface area contributed by atoms with Gasteiger partial charge in [-0.1, -0.05) is 24.6 Å². The monoisotopic (exact) mass is 269 g/mol. The number of benzene rings is 1. The van der Waals surface area contributed by atoms with Crippen LogP contribution in [-0.2, 0) is 6.42 Å². The second-order valence-electron chi connectivity index (χ2n) is 3.57. The van der Waals surface area contributed by atoms with Gasteiger partial charge in [-0.25, -0.2) is 18.7 Å². The van der Waals surface area contributed by atoms with E-state index in [9.17, 15) is 8.78 Å². The highest BCUT2D eigenvalue weighted by molar-refractivity contribution is 6.30. The van der Waals surface area contributed by atoms with Crippen molar-refractivity contribution in [1.29, 1.82) is 0 Å². The average molecular weight is 270 g/mol. The van der Waals surface area contributed by atoms with Gasteiger partial charge >= 0.3 is 0 Å². The molecular weight excluding hydrogens is 260 g/mol. The second-order valence-corrected chi connectivity index (χ2v) is 3.93. The molecule has 3 nitrogen and oxygen atoms in total. The zero-order valence-corrected chi connectivity index (χ0v) is 10.3. The van der Waals surface area contributed by atoms with Crippen molar-refractivity contribution in [3.8, 4) is 0 Å². The van der Waals surface area contributed by atoms with Crippen molar-refractivity contribution in [1.82, 2.24) is 9.97 Å². The Bertz CT molecular complexity index is 575. The van der Waals surface area contributed by atoms with Crippen molar-refractivity contribution >= 4 is 23.1 Å². The third-order valence-corrected chi connectivity index (χ3v) is 2.78. The van der Waals surface area contributed by atoms with Crippen LogP contribution in [0.15, 0.2) is 24.5 Å². The highest BCUT2D eigenvalue weighted by atomic mass is 35.5. The molecular formula is C12H10ClF2N3. The van der Waals surface area contributed by atoms with Gasteiger partial charge in [0.1, 0.15) is 17.3 Å². The summed E-state index contributed by atoms with van der Waals surface area (Å²) in [6.07, 6.45) is 1.85. The summed E-state index contributed by atoms with van der Waals surface area (Å²) in [5, 5.41) is 3.02. The Labute approximate surface area is 108 Å². The van der Waals surface area contributed by atoms with Gasteiger partial charge < -0.3 is 5.32 Å². The molecule has 1 aromatic heterocycles. The molecule has 1 heterocycles. The minimum Gasteiger partial charge on any atom is -0.337 e. The number of aromatic nitrogens is 2. The van der Waals surface area contributed by atoms with Crippen LogP contribution in [0, 0.1) is 11.6 Å². The molecule has 1 aromatic carbocycles. The number of anilines is 2. The van der Waals surface area contributed by atoms with Crippen molar-refractivity contribution in [2.75, 3.05) is 5.32 Å². The summed E-state index contributed by atoms with van der Waals surface area (Å²) in [5.41, 5.74) is 0.669. The molecule has 0 atom stereocenters. The number of rotatable bonds is 3. The van der Waals surface area contributed by atoms with E-state index in [-0.39, 0.29) is 5.69 Å². The number of hydrogen-bond acceptors (Lipinski definition) is 3. The predicted molar refractivity (Wildman–Crippen MR) is 66.1 cm³/mol.